The van der Waals surface area contributed by atoms with E-state index in [-0.39, 0.29) is 11.6 Å². The highest BCUT2D eigenvalue weighted by molar-refractivity contribution is 7.14. The first kappa shape index (κ1) is 20.5. The van der Waals surface area contributed by atoms with Crippen LogP contribution in [0.1, 0.15) is 52.1 Å². The molecule has 1 N–H and O–H groups in total. The minimum Gasteiger partial charge on any atom is -0.449 e. The van der Waals surface area contributed by atoms with Gasteiger partial charge in [-0.1, -0.05) is 0 Å². The Bertz CT molecular complexity index is 1030. The number of nitrogens with zero attached hydrogens (tertiary/aromatic N) is 3. The minimum absolute atomic E-state index is 0.120. The lowest BCUT2D eigenvalue weighted by Crippen LogP contribution is -2.23. The fraction of sp³-hybridized carbons (Fsp3) is 0.350. The van der Waals surface area contributed by atoms with E-state index in [1.54, 1.807) is 13.2 Å². The highest BCUT2D eigenvalue weighted by atomic mass is 32.1. The molecule has 3 aromatic rings. The van der Waals surface area contributed by atoms with Crippen molar-refractivity contribution in [3.8, 4) is 0 Å². The number of alkyl halides is 3. The highest BCUT2D eigenvalue weighted by Gasteiger charge is 2.31. The number of benzene rings is 1. The van der Waals surface area contributed by atoms with Gasteiger partial charge in [0.25, 0.3) is 5.91 Å². The summed E-state index contributed by atoms with van der Waals surface area (Å²) in [6.07, 6.45) is -0.794. The number of rotatable bonds is 5. The van der Waals surface area contributed by atoms with E-state index in [0.717, 1.165) is 55.0 Å². The second-order valence-electron chi connectivity index (χ2n) is 7.09. The molecule has 1 aliphatic heterocycles. The molecule has 0 saturated carbocycles. The van der Waals surface area contributed by atoms with Gasteiger partial charge in [-0.05, 0) is 43.7 Å². The zero-order chi connectivity index (χ0) is 21.3. The number of halogens is 3. The largest absolute Gasteiger partial charge is 0.449 e. The molecule has 1 saturated heterocycles. The van der Waals surface area contributed by atoms with Crippen molar-refractivity contribution >= 4 is 22.4 Å². The number of hydrogen-bond acceptors (Lipinski definition) is 6. The van der Waals surface area contributed by atoms with Gasteiger partial charge in [-0.3, -0.25) is 15.0 Å². The first-order chi connectivity index (χ1) is 14.3. The molecule has 1 aromatic carbocycles. The zero-order valence-electron chi connectivity index (χ0n) is 16.1. The van der Waals surface area contributed by atoms with Crippen molar-refractivity contribution in [1.29, 1.82) is 0 Å². The van der Waals surface area contributed by atoms with Crippen LogP contribution >= 0.6 is 11.3 Å². The van der Waals surface area contributed by atoms with Gasteiger partial charge in [-0.25, -0.2) is 9.97 Å². The van der Waals surface area contributed by atoms with Gasteiger partial charge in [0.15, 0.2) is 11.0 Å². The fourth-order valence-electron chi connectivity index (χ4n) is 3.52. The third-order valence-electron chi connectivity index (χ3n) is 4.95. The molecule has 0 radical (unpaired) electrons. The van der Waals surface area contributed by atoms with Gasteiger partial charge >= 0.3 is 6.18 Å². The smallest absolute Gasteiger partial charge is 0.416 e. The Morgan fingerprint density at radius 2 is 2.07 bits per heavy atom. The summed E-state index contributed by atoms with van der Waals surface area (Å²) in [5, 5.41) is 4.99. The summed E-state index contributed by atoms with van der Waals surface area (Å²) >= 11 is 1.30. The second kappa shape index (κ2) is 8.19. The number of aromatic nitrogens is 2. The average molecular weight is 436 g/mol. The van der Waals surface area contributed by atoms with Crippen molar-refractivity contribution in [2.75, 3.05) is 11.9 Å². The van der Waals surface area contributed by atoms with E-state index in [4.69, 9.17) is 4.42 Å². The molecule has 10 heteroatoms. The molecule has 158 valence electrons. The highest BCUT2D eigenvalue weighted by Crippen LogP contribution is 2.35. The van der Waals surface area contributed by atoms with E-state index in [1.807, 2.05) is 5.38 Å². The van der Waals surface area contributed by atoms with Crippen molar-refractivity contribution in [2.45, 2.75) is 38.5 Å². The zero-order valence-corrected chi connectivity index (χ0v) is 16.9. The molecule has 1 unspecified atom stereocenters. The molecule has 1 amide bonds. The number of carbonyl (C=O) groups excluding carboxylic acids is 1. The normalized spacial score (nSPS) is 17.4. The number of oxazole rings is 1. The lowest BCUT2D eigenvalue weighted by molar-refractivity contribution is -0.137. The fourth-order valence-corrected chi connectivity index (χ4v) is 4.27. The van der Waals surface area contributed by atoms with Gasteiger partial charge in [0, 0.05) is 24.4 Å². The SMILES string of the molecule is Cc1nc(CN2CCCC2c2csc(NC(=O)c3ccc(C(F)(F)F)cc3)n2)co1. The van der Waals surface area contributed by atoms with Crippen molar-refractivity contribution in [3.05, 3.63) is 64.3 Å². The van der Waals surface area contributed by atoms with Crippen molar-refractivity contribution < 1.29 is 22.4 Å². The Morgan fingerprint density at radius 1 is 1.30 bits per heavy atom. The van der Waals surface area contributed by atoms with Gasteiger partial charge in [0.05, 0.1) is 23.0 Å². The molecular weight excluding hydrogens is 417 g/mol. The third kappa shape index (κ3) is 4.54. The molecule has 1 atom stereocenters. The molecule has 1 aliphatic rings. The monoisotopic (exact) mass is 436 g/mol. The van der Waals surface area contributed by atoms with Crippen LogP contribution in [-0.4, -0.2) is 27.3 Å². The molecule has 0 aliphatic carbocycles. The lowest BCUT2D eigenvalue weighted by Gasteiger charge is -2.21. The second-order valence-corrected chi connectivity index (χ2v) is 7.95. The quantitative estimate of drug-likeness (QED) is 0.606. The van der Waals surface area contributed by atoms with Crippen molar-refractivity contribution in [1.82, 2.24) is 14.9 Å². The molecule has 0 spiro atoms. The molecule has 6 nitrogen and oxygen atoms in total. The van der Waals surface area contributed by atoms with Crippen LogP contribution < -0.4 is 5.32 Å². The number of hydrogen-bond donors (Lipinski definition) is 1. The molecule has 3 heterocycles. The van der Waals surface area contributed by atoms with Crippen LogP contribution in [0.25, 0.3) is 0 Å². The van der Waals surface area contributed by atoms with Crippen molar-refractivity contribution in [2.24, 2.45) is 0 Å². The number of anilines is 1. The Hall–Kier alpha value is -2.72. The van der Waals surface area contributed by atoms with Gasteiger partial charge < -0.3 is 4.42 Å². The molecule has 1 fully saturated rings. The van der Waals surface area contributed by atoms with E-state index in [9.17, 15) is 18.0 Å². The third-order valence-corrected chi connectivity index (χ3v) is 5.73. The maximum atomic E-state index is 12.7. The first-order valence-electron chi connectivity index (χ1n) is 9.38. The molecule has 4 rings (SSSR count). The topological polar surface area (TPSA) is 71.3 Å². The number of carbonyl (C=O) groups is 1. The van der Waals surface area contributed by atoms with E-state index in [2.05, 4.69) is 20.2 Å². The summed E-state index contributed by atoms with van der Waals surface area (Å²) in [5.41, 5.74) is 1.08. The number of aryl methyl sites for hydroxylation is 1. The maximum absolute atomic E-state index is 12.7. The molecular formula is C20H19F3N4O2S. The number of thiazole rings is 1. The summed E-state index contributed by atoms with van der Waals surface area (Å²) in [6, 6.07) is 4.22. The standard InChI is InChI=1S/C20H19F3N4O2S/c1-12-24-15(10-29-12)9-27-8-2-3-17(27)16-11-30-19(25-16)26-18(28)13-4-6-14(7-5-13)20(21,22)23/h4-7,10-11,17H,2-3,8-9H2,1H3,(H,25,26,28). The van der Waals surface area contributed by atoms with E-state index >= 15 is 0 Å². The summed E-state index contributed by atoms with van der Waals surface area (Å²) in [7, 11) is 0. The summed E-state index contributed by atoms with van der Waals surface area (Å²) in [6.45, 7) is 3.38. The van der Waals surface area contributed by atoms with Crippen LogP contribution in [0.4, 0.5) is 18.3 Å². The Labute approximate surface area is 174 Å². The molecule has 30 heavy (non-hydrogen) atoms. The van der Waals surface area contributed by atoms with Crippen LogP contribution in [0.3, 0.4) is 0 Å². The van der Waals surface area contributed by atoms with E-state index < -0.39 is 17.6 Å². The minimum atomic E-state index is -4.43. The van der Waals surface area contributed by atoms with Gasteiger partial charge in [-0.15, -0.1) is 11.3 Å². The predicted octanol–water partition coefficient (Wildman–Crippen LogP) is 5.05. The number of nitrogens with one attached hydrogen (secondary N) is 1. The van der Waals surface area contributed by atoms with Crippen LogP contribution in [0, 0.1) is 6.92 Å². The summed E-state index contributed by atoms with van der Waals surface area (Å²) < 4.78 is 43.3. The summed E-state index contributed by atoms with van der Waals surface area (Å²) in [4.78, 5) is 23.5. The van der Waals surface area contributed by atoms with Crippen LogP contribution in [0.15, 0.2) is 40.3 Å². The van der Waals surface area contributed by atoms with Gasteiger partial charge in [0.1, 0.15) is 6.26 Å². The predicted molar refractivity (Wildman–Crippen MR) is 105 cm³/mol. The van der Waals surface area contributed by atoms with Gasteiger partial charge in [0.2, 0.25) is 0 Å². The summed E-state index contributed by atoms with van der Waals surface area (Å²) in [5.74, 6) is 0.133. The average Bonchev–Trinajstić information content (AvgIpc) is 3.43. The van der Waals surface area contributed by atoms with Gasteiger partial charge in [-0.2, -0.15) is 13.2 Å². The molecule has 2 aromatic heterocycles. The van der Waals surface area contributed by atoms with Crippen LogP contribution in [0.5, 0.6) is 0 Å². The van der Waals surface area contributed by atoms with Crippen LogP contribution in [0.2, 0.25) is 0 Å². The van der Waals surface area contributed by atoms with Crippen molar-refractivity contribution in [3.63, 3.8) is 0 Å². The Kier molecular flexibility index (Phi) is 5.61. The lowest BCUT2D eigenvalue weighted by atomic mass is 10.1. The number of amides is 1. The van der Waals surface area contributed by atoms with E-state index in [0.29, 0.717) is 17.6 Å². The number of likely N-dealkylation sites (tertiary alicyclic amines) is 1. The first-order valence-corrected chi connectivity index (χ1v) is 10.3. The Morgan fingerprint density at radius 3 is 2.73 bits per heavy atom. The van der Waals surface area contributed by atoms with E-state index in [1.165, 1.54) is 11.3 Å². The maximum Gasteiger partial charge on any atom is 0.416 e. The Balaban J connectivity index is 1.41. The molecule has 0 bridgehead atoms. The van der Waals surface area contributed by atoms with Crippen LogP contribution in [-0.2, 0) is 12.7 Å².